The molecule has 5 rings (SSSR count). The van der Waals surface area contributed by atoms with Gasteiger partial charge in [0.05, 0.1) is 18.5 Å². The average Bonchev–Trinajstić information content (AvgIpc) is 3.44. The van der Waals surface area contributed by atoms with E-state index >= 15 is 0 Å². The summed E-state index contributed by atoms with van der Waals surface area (Å²) in [6, 6.07) is 5.02. The second-order valence-corrected chi connectivity index (χ2v) is 11.2. The number of carboxylic acid groups (broad SMARTS) is 1. The molecule has 2 aliphatic rings. The van der Waals surface area contributed by atoms with Gasteiger partial charge in [0.1, 0.15) is 10.5 Å². The lowest BCUT2D eigenvalue weighted by molar-refractivity contribution is -0.150. The summed E-state index contributed by atoms with van der Waals surface area (Å²) in [5.41, 5.74) is 2.59. The van der Waals surface area contributed by atoms with E-state index in [1.165, 1.54) is 11.4 Å². The minimum atomic E-state index is -4.37. The summed E-state index contributed by atoms with van der Waals surface area (Å²) in [5.74, 6) is -0.556. The smallest absolute Gasteiger partial charge is 0.425 e. The fourth-order valence-electron chi connectivity index (χ4n) is 5.54. The third-order valence-corrected chi connectivity index (χ3v) is 8.85. The highest BCUT2D eigenvalue weighted by atomic mass is 32.1. The Hall–Kier alpha value is -2.88. The zero-order valence-corrected chi connectivity index (χ0v) is 20.8. The first-order valence-electron chi connectivity index (χ1n) is 12.2. The molecule has 6 nitrogen and oxygen atoms in total. The summed E-state index contributed by atoms with van der Waals surface area (Å²) in [6.07, 6.45) is 0.947. The van der Waals surface area contributed by atoms with Crippen molar-refractivity contribution in [2.45, 2.75) is 64.7 Å². The number of aromatic nitrogens is 2. The molecule has 1 fully saturated rings. The molecule has 0 radical (unpaired) electrons. The Morgan fingerprint density at radius 3 is 2.69 bits per heavy atom. The molecule has 0 atom stereocenters. The summed E-state index contributed by atoms with van der Waals surface area (Å²) in [4.78, 5) is 30.5. The monoisotopic (exact) mass is 519 g/mol. The van der Waals surface area contributed by atoms with E-state index < -0.39 is 22.4 Å². The quantitative estimate of drug-likeness (QED) is 0.468. The fourth-order valence-corrected chi connectivity index (χ4v) is 6.32. The van der Waals surface area contributed by atoms with Crippen LogP contribution in [-0.2, 0) is 35.3 Å². The van der Waals surface area contributed by atoms with Gasteiger partial charge in [0.25, 0.3) is 0 Å². The van der Waals surface area contributed by atoms with Crippen molar-refractivity contribution in [1.82, 2.24) is 14.5 Å². The second kappa shape index (κ2) is 9.21. The molecule has 1 N–H and O–H groups in total. The number of pyridine rings is 1. The summed E-state index contributed by atoms with van der Waals surface area (Å²) < 4.78 is 41.4. The number of nitrogens with zero attached hydrogens (tertiary/aromatic N) is 3. The van der Waals surface area contributed by atoms with Gasteiger partial charge in [0.15, 0.2) is 0 Å². The third kappa shape index (κ3) is 4.63. The summed E-state index contributed by atoms with van der Waals surface area (Å²) in [7, 11) is 0. The van der Waals surface area contributed by atoms with E-state index in [2.05, 4.69) is 4.98 Å². The van der Waals surface area contributed by atoms with Crippen LogP contribution in [0.4, 0.5) is 13.2 Å². The fraction of sp³-hybridized carbons (Fsp3) is 0.500. The number of rotatable bonds is 5. The second-order valence-electron chi connectivity index (χ2n) is 10.3. The molecule has 3 aromatic rings. The minimum Gasteiger partial charge on any atom is -0.481 e. The van der Waals surface area contributed by atoms with E-state index in [4.69, 9.17) is 0 Å². The molecule has 1 aliphatic carbocycles. The highest BCUT2D eigenvalue weighted by molar-refractivity contribution is 7.10. The maximum atomic E-state index is 13.2. The first kappa shape index (κ1) is 24.8. The van der Waals surface area contributed by atoms with Crippen LogP contribution in [0.3, 0.4) is 0 Å². The van der Waals surface area contributed by atoms with Gasteiger partial charge in [-0.05, 0) is 79.7 Å². The summed E-state index contributed by atoms with van der Waals surface area (Å²) in [6.45, 7) is 3.00. The Balaban J connectivity index is 1.35. The predicted molar refractivity (Wildman–Crippen MR) is 130 cm³/mol. The molecule has 192 valence electrons. The van der Waals surface area contributed by atoms with E-state index in [9.17, 15) is 27.9 Å². The van der Waals surface area contributed by atoms with Crippen LogP contribution in [0.15, 0.2) is 29.8 Å². The number of carbonyl (C=O) groups excluding carboxylic acids is 1. The molecule has 0 bridgehead atoms. The van der Waals surface area contributed by atoms with Gasteiger partial charge in [-0.25, -0.2) is 4.98 Å². The number of hydrogen-bond acceptors (Lipinski definition) is 4. The van der Waals surface area contributed by atoms with Gasteiger partial charge < -0.3 is 14.6 Å². The maximum absolute atomic E-state index is 13.2. The highest BCUT2D eigenvalue weighted by Gasteiger charge is 2.38. The molecular formula is C26H28F3N3O3S. The Kier molecular flexibility index (Phi) is 6.34. The Morgan fingerprint density at radius 1 is 1.28 bits per heavy atom. The normalized spacial score (nSPS) is 22.6. The Labute approximate surface area is 210 Å². The van der Waals surface area contributed by atoms with Gasteiger partial charge in [-0.15, -0.1) is 11.3 Å². The topological polar surface area (TPSA) is 75.4 Å². The number of hydrogen-bond donors (Lipinski definition) is 1. The Bertz CT molecular complexity index is 1300. The number of halogens is 3. The van der Waals surface area contributed by atoms with Gasteiger partial charge in [0.2, 0.25) is 5.91 Å². The van der Waals surface area contributed by atoms with E-state index in [1.54, 1.807) is 13.1 Å². The van der Waals surface area contributed by atoms with Crippen molar-refractivity contribution < 1.29 is 27.9 Å². The number of alkyl halides is 3. The molecule has 1 amide bonds. The van der Waals surface area contributed by atoms with Gasteiger partial charge in [-0.3, -0.25) is 9.59 Å². The highest BCUT2D eigenvalue weighted by Crippen LogP contribution is 2.41. The number of fused-ring (bicyclic) bond motifs is 3. The molecule has 0 aromatic carbocycles. The SMILES string of the molecule is C[C@]1(C(=O)O)CC[C@H](CC(=O)N2CCc3c(n(Cc4csc(C(F)(F)F)c4)c4ncccc34)C2)CC1. The van der Waals surface area contributed by atoms with Crippen LogP contribution in [0.5, 0.6) is 0 Å². The van der Waals surface area contributed by atoms with Crippen molar-refractivity contribution in [3.05, 3.63) is 51.5 Å². The Morgan fingerprint density at radius 2 is 2.03 bits per heavy atom. The molecule has 0 unspecified atom stereocenters. The maximum Gasteiger partial charge on any atom is 0.425 e. The summed E-state index contributed by atoms with van der Waals surface area (Å²) >= 11 is 0.688. The lowest BCUT2D eigenvalue weighted by Crippen LogP contribution is -2.39. The first-order chi connectivity index (χ1) is 17.0. The van der Waals surface area contributed by atoms with Gasteiger partial charge in [-0.1, -0.05) is 0 Å². The van der Waals surface area contributed by atoms with Gasteiger partial charge in [-0.2, -0.15) is 13.2 Å². The molecule has 36 heavy (non-hydrogen) atoms. The van der Waals surface area contributed by atoms with Crippen LogP contribution < -0.4 is 0 Å². The predicted octanol–water partition coefficient (Wildman–Crippen LogP) is 5.72. The van der Waals surface area contributed by atoms with Crippen LogP contribution in [-0.4, -0.2) is 38.0 Å². The van der Waals surface area contributed by atoms with Crippen LogP contribution in [0, 0.1) is 11.3 Å². The minimum absolute atomic E-state index is 0.0456. The van der Waals surface area contributed by atoms with Gasteiger partial charge in [0, 0.05) is 30.2 Å². The first-order valence-corrected chi connectivity index (χ1v) is 13.0. The molecule has 1 aliphatic heterocycles. The standard InChI is InChI=1S/C26H28F3N3O3S/c1-25(24(34)35)7-4-16(5-8-25)12-22(33)31-10-6-18-19-3-2-9-30-23(19)32(20(18)14-31)13-17-11-21(36-15-17)26(27,28)29/h2-3,9,11,15-16H,4-8,10,12-14H2,1H3,(H,34,35)/t16-,25-. The number of aliphatic carboxylic acids is 1. The van der Waals surface area contributed by atoms with Crippen molar-refractivity contribution >= 4 is 34.2 Å². The molecule has 10 heteroatoms. The molecular weight excluding hydrogens is 491 g/mol. The van der Waals surface area contributed by atoms with Crippen molar-refractivity contribution in [2.24, 2.45) is 11.3 Å². The average molecular weight is 520 g/mol. The number of amides is 1. The zero-order valence-electron chi connectivity index (χ0n) is 20.0. The molecule has 0 saturated heterocycles. The molecule has 0 spiro atoms. The van der Waals surface area contributed by atoms with E-state index in [-0.39, 0.29) is 18.4 Å². The van der Waals surface area contributed by atoms with Crippen LogP contribution in [0.1, 0.15) is 60.7 Å². The third-order valence-electron chi connectivity index (χ3n) is 7.83. The molecule has 3 aromatic heterocycles. The summed E-state index contributed by atoms with van der Waals surface area (Å²) in [5, 5.41) is 12.0. The van der Waals surface area contributed by atoms with Gasteiger partial charge >= 0.3 is 12.1 Å². The van der Waals surface area contributed by atoms with Crippen molar-refractivity contribution in [2.75, 3.05) is 6.54 Å². The lowest BCUT2D eigenvalue weighted by Gasteiger charge is -2.35. The van der Waals surface area contributed by atoms with E-state index in [0.717, 1.165) is 35.1 Å². The van der Waals surface area contributed by atoms with Crippen LogP contribution in [0.25, 0.3) is 11.0 Å². The van der Waals surface area contributed by atoms with Crippen molar-refractivity contribution in [1.29, 1.82) is 0 Å². The largest absolute Gasteiger partial charge is 0.481 e. The van der Waals surface area contributed by atoms with E-state index in [1.807, 2.05) is 21.6 Å². The number of carbonyl (C=O) groups is 2. The van der Waals surface area contributed by atoms with Crippen molar-refractivity contribution in [3.8, 4) is 0 Å². The zero-order chi connectivity index (χ0) is 25.7. The lowest BCUT2D eigenvalue weighted by atomic mass is 9.71. The van der Waals surface area contributed by atoms with Crippen LogP contribution in [0.2, 0.25) is 0 Å². The molecule has 1 saturated carbocycles. The molecule has 4 heterocycles. The van der Waals surface area contributed by atoms with Crippen LogP contribution >= 0.6 is 11.3 Å². The van der Waals surface area contributed by atoms with Crippen molar-refractivity contribution in [3.63, 3.8) is 0 Å². The van der Waals surface area contributed by atoms with E-state index in [0.29, 0.717) is 55.7 Å². The number of carboxylic acids is 1. The number of thiophene rings is 1.